The highest BCUT2D eigenvalue weighted by atomic mass is 16.6. The first-order valence-corrected chi connectivity index (χ1v) is 21.1. The zero-order chi connectivity index (χ0) is 39.1. The van der Waals surface area contributed by atoms with Gasteiger partial charge in [-0.3, -0.25) is 9.59 Å². The number of unbranched alkanes of at least 4 members (excludes halogenated alkanes) is 2. The van der Waals surface area contributed by atoms with Crippen molar-refractivity contribution in [1.82, 2.24) is 0 Å². The van der Waals surface area contributed by atoms with Gasteiger partial charge in [0.1, 0.15) is 24.7 Å². The van der Waals surface area contributed by atoms with Crippen LogP contribution in [0.5, 0.6) is 11.5 Å². The van der Waals surface area contributed by atoms with Gasteiger partial charge in [-0.2, -0.15) is 0 Å². The van der Waals surface area contributed by atoms with Crippen molar-refractivity contribution in [3.05, 3.63) is 48.0 Å². The van der Waals surface area contributed by atoms with E-state index >= 15 is 0 Å². The van der Waals surface area contributed by atoms with E-state index in [0.717, 1.165) is 72.1 Å². The van der Waals surface area contributed by atoms with Gasteiger partial charge in [-0.15, -0.1) is 0 Å². The summed E-state index contributed by atoms with van der Waals surface area (Å²) in [6.07, 6.45) is 10.9. The Morgan fingerprint density at radius 1 is 0.537 bits per heavy atom. The average Bonchev–Trinajstić information content (AvgIpc) is 3.18. The molecular weight excluding hydrogens is 680 g/mol. The third-order valence-corrected chi connectivity index (χ3v) is 10.1. The van der Waals surface area contributed by atoms with Crippen LogP contribution in [-0.4, -0.2) is 63.8 Å². The van der Waals surface area contributed by atoms with E-state index in [4.69, 9.17) is 28.4 Å². The summed E-state index contributed by atoms with van der Waals surface area (Å²) in [6.45, 7) is 17.0. The first-order chi connectivity index (χ1) is 26.3. The van der Waals surface area contributed by atoms with E-state index < -0.39 is 12.2 Å². The lowest BCUT2D eigenvalue weighted by Gasteiger charge is -2.24. The van der Waals surface area contributed by atoms with Crippen LogP contribution < -0.4 is 9.47 Å². The number of carbonyl (C=O) groups excluding carboxylic acids is 2. The Morgan fingerprint density at radius 3 is 1.43 bits per heavy atom. The van der Waals surface area contributed by atoms with Crippen LogP contribution in [0.25, 0.3) is 21.5 Å². The van der Waals surface area contributed by atoms with E-state index in [0.29, 0.717) is 62.2 Å². The molecule has 8 nitrogen and oxygen atoms in total. The third-order valence-electron chi connectivity index (χ3n) is 10.1. The molecule has 54 heavy (non-hydrogen) atoms. The van der Waals surface area contributed by atoms with Crippen LogP contribution in [0, 0.1) is 11.8 Å². The summed E-state index contributed by atoms with van der Waals surface area (Å²) in [5.41, 5.74) is 1.16. The molecule has 0 heterocycles. The number of hydrogen-bond acceptors (Lipinski definition) is 8. The Hall–Kier alpha value is -3.36. The number of fused-ring (bicyclic) bond motifs is 2. The van der Waals surface area contributed by atoms with Crippen LogP contribution in [0.15, 0.2) is 42.5 Å². The molecule has 302 valence electrons. The summed E-state index contributed by atoms with van der Waals surface area (Å²) in [5, 5.41) is 3.57. The second-order valence-electron chi connectivity index (χ2n) is 14.7. The minimum Gasteiger partial charge on any atom is -0.488 e. The second kappa shape index (κ2) is 25.7. The van der Waals surface area contributed by atoms with Crippen LogP contribution in [0.2, 0.25) is 0 Å². The molecule has 0 N–H and O–H groups in total. The topological polar surface area (TPSA) is 89.5 Å². The van der Waals surface area contributed by atoms with Crippen molar-refractivity contribution in [1.29, 1.82) is 0 Å². The van der Waals surface area contributed by atoms with Gasteiger partial charge in [-0.1, -0.05) is 123 Å². The maximum Gasteiger partial charge on any atom is 0.306 e. The Labute approximate surface area is 325 Å². The Morgan fingerprint density at radius 2 is 1.00 bits per heavy atom. The normalized spacial score (nSPS) is 13.8. The van der Waals surface area contributed by atoms with Gasteiger partial charge in [0, 0.05) is 47.6 Å². The van der Waals surface area contributed by atoms with Crippen molar-refractivity contribution in [2.45, 2.75) is 144 Å². The largest absolute Gasteiger partial charge is 0.488 e. The van der Waals surface area contributed by atoms with Gasteiger partial charge in [0.05, 0.1) is 13.2 Å². The highest BCUT2D eigenvalue weighted by molar-refractivity contribution is 6.11. The Bertz CT molecular complexity index is 1520. The van der Waals surface area contributed by atoms with Gasteiger partial charge in [-0.25, -0.2) is 0 Å². The molecule has 0 aromatic heterocycles. The number of carbonyl (C=O) groups is 2. The quantitative estimate of drug-likeness (QED) is 0.0512. The number of hydrogen-bond donors (Lipinski definition) is 0. The summed E-state index contributed by atoms with van der Waals surface area (Å²) >= 11 is 0. The molecule has 4 atom stereocenters. The molecular formula is C46H70O8. The first kappa shape index (κ1) is 45.0. The van der Waals surface area contributed by atoms with Gasteiger partial charge in [-0.05, 0) is 55.6 Å². The molecule has 0 aliphatic heterocycles. The molecule has 3 aromatic carbocycles. The molecule has 0 fully saturated rings. The van der Waals surface area contributed by atoms with E-state index in [-0.39, 0.29) is 38.4 Å². The van der Waals surface area contributed by atoms with Crippen LogP contribution in [-0.2, 0) is 35.0 Å². The van der Waals surface area contributed by atoms with Crippen molar-refractivity contribution >= 4 is 33.5 Å². The average molecular weight is 751 g/mol. The number of esters is 2. The summed E-state index contributed by atoms with van der Waals surface area (Å²) in [7, 11) is 0. The number of ether oxygens (including phenoxy) is 6. The molecule has 0 aliphatic carbocycles. The Kier molecular flexibility index (Phi) is 21.4. The van der Waals surface area contributed by atoms with E-state index in [1.165, 1.54) is 12.8 Å². The van der Waals surface area contributed by atoms with Crippen molar-refractivity contribution in [2.75, 3.05) is 39.6 Å². The maximum absolute atomic E-state index is 12.7. The monoisotopic (exact) mass is 751 g/mol. The van der Waals surface area contributed by atoms with E-state index in [9.17, 15) is 9.59 Å². The van der Waals surface area contributed by atoms with E-state index in [1.807, 2.05) is 38.1 Å². The van der Waals surface area contributed by atoms with E-state index in [1.54, 1.807) is 0 Å². The van der Waals surface area contributed by atoms with Gasteiger partial charge >= 0.3 is 11.9 Å². The van der Waals surface area contributed by atoms with Crippen molar-refractivity contribution < 1.29 is 38.0 Å². The lowest BCUT2D eigenvalue weighted by Crippen LogP contribution is -2.31. The van der Waals surface area contributed by atoms with Gasteiger partial charge in [0.15, 0.2) is 12.2 Å². The predicted octanol–water partition coefficient (Wildman–Crippen LogP) is 11.2. The molecule has 0 bridgehead atoms. The number of rotatable bonds is 29. The second-order valence-corrected chi connectivity index (χ2v) is 14.7. The zero-order valence-electron chi connectivity index (χ0n) is 34.6. The fourth-order valence-corrected chi connectivity index (χ4v) is 6.69. The molecule has 0 saturated heterocycles. The fraction of sp³-hybridized carbons (Fsp3) is 0.652. The van der Waals surface area contributed by atoms with Gasteiger partial charge < -0.3 is 28.4 Å². The van der Waals surface area contributed by atoms with Crippen molar-refractivity contribution in [3.8, 4) is 11.5 Å². The SMILES string of the molecule is CCCCC(CC)COCC(COc1c2ccccc2c(OCC(COCC(CC)CCCC)OC(=O)CCC)c2cc(CC)ccc12)OC(=O)CCC. The van der Waals surface area contributed by atoms with Gasteiger partial charge in [0.25, 0.3) is 0 Å². The molecule has 3 aromatic rings. The van der Waals surface area contributed by atoms with Crippen LogP contribution in [0.4, 0.5) is 0 Å². The van der Waals surface area contributed by atoms with Crippen LogP contribution >= 0.6 is 0 Å². The van der Waals surface area contributed by atoms with Crippen LogP contribution in [0.3, 0.4) is 0 Å². The molecule has 0 aliphatic rings. The smallest absolute Gasteiger partial charge is 0.306 e. The fourth-order valence-electron chi connectivity index (χ4n) is 6.69. The molecule has 0 radical (unpaired) electrons. The van der Waals surface area contributed by atoms with Crippen molar-refractivity contribution in [2.24, 2.45) is 11.8 Å². The number of aryl methyl sites for hydroxylation is 1. The minimum absolute atomic E-state index is 0.153. The van der Waals surface area contributed by atoms with Crippen molar-refractivity contribution in [3.63, 3.8) is 0 Å². The summed E-state index contributed by atoms with van der Waals surface area (Å²) in [6, 6.07) is 14.4. The van der Waals surface area contributed by atoms with E-state index in [2.05, 4.69) is 52.8 Å². The summed E-state index contributed by atoms with van der Waals surface area (Å²) < 4.78 is 37.6. The first-order valence-electron chi connectivity index (χ1n) is 21.1. The molecule has 0 spiro atoms. The molecule has 0 saturated carbocycles. The lowest BCUT2D eigenvalue weighted by molar-refractivity contribution is -0.155. The molecule has 4 unspecified atom stereocenters. The predicted molar refractivity (Wildman–Crippen MR) is 220 cm³/mol. The third kappa shape index (κ3) is 14.7. The highest BCUT2D eigenvalue weighted by Gasteiger charge is 2.23. The molecule has 3 rings (SSSR count). The van der Waals surface area contributed by atoms with Gasteiger partial charge in [0.2, 0.25) is 0 Å². The molecule has 0 amide bonds. The van der Waals surface area contributed by atoms with Crippen LogP contribution in [0.1, 0.15) is 131 Å². The maximum atomic E-state index is 12.7. The summed E-state index contributed by atoms with van der Waals surface area (Å²) in [4.78, 5) is 25.4. The zero-order valence-corrected chi connectivity index (χ0v) is 34.6. The standard InChI is InChI=1S/C46H70O8/c1-8-15-21-35(13-6)28-49-30-37(53-43(47)19-10-3)32-51-45-39-23-17-18-24-40(39)46(42-27-34(12-5)25-26-41(42)45)52-33-38(54-44(48)20-11-4)31-50-29-36(14-7)22-16-9-2/h17-18,23-27,35-38H,8-16,19-22,28-33H2,1-7H3. The lowest BCUT2D eigenvalue weighted by atomic mass is 9.98. The Balaban J connectivity index is 1.93. The highest BCUT2D eigenvalue weighted by Crippen LogP contribution is 2.43. The summed E-state index contributed by atoms with van der Waals surface area (Å²) in [5.74, 6) is 1.87. The number of benzene rings is 3. The molecule has 8 heteroatoms. The minimum atomic E-state index is -0.556.